The van der Waals surface area contributed by atoms with Crippen molar-refractivity contribution in [2.75, 3.05) is 13.2 Å². The van der Waals surface area contributed by atoms with Crippen LogP contribution >= 0.6 is 0 Å². The molecule has 520 valence electrons. The van der Waals surface area contributed by atoms with Gasteiger partial charge in [-0.15, -0.1) is 0 Å². The molecule has 8 aromatic carbocycles. The molecule has 8 aromatic rings. The lowest BCUT2D eigenvalue weighted by Crippen LogP contribution is -2.08. The minimum Gasteiger partial charge on any atom is -0.492 e. The molecule has 0 atom stereocenters. The van der Waals surface area contributed by atoms with Crippen LogP contribution in [0.15, 0.2) is 144 Å². The summed E-state index contributed by atoms with van der Waals surface area (Å²) in [6, 6.07) is 44.5. The Bertz CT molecular complexity index is 3560. The third-order valence-electron chi connectivity index (χ3n) is 19.2. The Hall–Kier alpha value is -8.10. The van der Waals surface area contributed by atoms with Crippen LogP contribution < -0.4 is 9.47 Å². The lowest BCUT2D eigenvalue weighted by atomic mass is 9.84. The Kier molecular flexibility index (Phi) is 30.5. The molecule has 0 radical (unpaired) electrons. The Morgan fingerprint density at radius 2 is 0.520 bits per heavy atom. The summed E-state index contributed by atoms with van der Waals surface area (Å²) in [7, 11) is 0. The van der Waals surface area contributed by atoms with Gasteiger partial charge in [0.1, 0.15) is 11.5 Å². The smallest absolute Gasteiger partial charge is 0.336 e. The molecule has 0 aliphatic heterocycles. The molecule has 0 saturated heterocycles. The van der Waals surface area contributed by atoms with Crippen LogP contribution in [0.3, 0.4) is 0 Å². The number of carboxylic acid groups (broad SMARTS) is 2. The number of rotatable bonds is 42. The number of benzene rings is 8. The second kappa shape index (κ2) is 39.5. The fourth-order valence-corrected chi connectivity index (χ4v) is 14.5. The Morgan fingerprint density at radius 1 is 0.286 bits per heavy atom. The van der Waals surface area contributed by atoms with E-state index in [0.29, 0.717) is 58.3 Å². The molecule has 0 fully saturated rings. The van der Waals surface area contributed by atoms with E-state index in [2.05, 4.69) is 142 Å². The highest BCUT2D eigenvalue weighted by atomic mass is 16.5. The van der Waals surface area contributed by atoms with Gasteiger partial charge in [0.2, 0.25) is 0 Å². The molecule has 98 heavy (non-hydrogen) atoms. The van der Waals surface area contributed by atoms with E-state index in [1.807, 2.05) is 60.7 Å². The highest BCUT2D eigenvalue weighted by Crippen LogP contribution is 2.51. The fourth-order valence-electron chi connectivity index (χ4n) is 14.5. The normalized spacial score (nSPS) is 11.5. The number of azo groups is 1. The summed E-state index contributed by atoms with van der Waals surface area (Å²) in [5, 5.41) is 32.0. The van der Waals surface area contributed by atoms with E-state index in [1.165, 1.54) is 141 Å². The quantitative estimate of drug-likeness (QED) is 0.0291. The van der Waals surface area contributed by atoms with E-state index in [0.717, 1.165) is 128 Å². The molecule has 0 aliphatic carbocycles. The van der Waals surface area contributed by atoms with E-state index in [1.54, 1.807) is 0 Å². The van der Waals surface area contributed by atoms with Crippen molar-refractivity contribution in [2.24, 2.45) is 10.2 Å². The van der Waals surface area contributed by atoms with Crippen molar-refractivity contribution in [1.82, 2.24) is 0 Å². The summed E-state index contributed by atoms with van der Waals surface area (Å²) in [5.74, 6) is -0.695. The highest BCUT2D eigenvalue weighted by Gasteiger charge is 2.29. The van der Waals surface area contributed by atoms with Crippen LogP contribution in [-0.2, 0) is 0 Å². The van der Waals surface area contributed by atoms with Crippen molar-refractivity contribution >= 4 is 23.3 Å². The standard InChI is InChI=1S/C90H114N2O6/c1-11-13-15-17-19-21-23-25-27-29-31-33-35-37-47-97-87-79(73-53-63(3)49-64(4)54-73)61-81(89(93)94)83(85(87)75-57-67(7)51-68(8)58-75)71-39-43-77(44-40-71)91-92-78-45-41-72(42-46-78)84-82(90(95)96)62-80(74-55-65(5)50-66(6)56-74)88(86(84)76-59-69(9)52-70(10)60-76)98-48-38-36-34-32-30-28-26-24-22-20-18-16-14-12-2/h39-46,49-62H,11-38,47-48H2,1-10H3,(H,93,94)(H,95,96). The van der Waals surface area contributed by atoms with Gasteiger partial charge in [-0.05, 0) is 138 Å². The number of hydrogen-bond donors (Lipinski definition) is 2. The lowest BCUT2D eigenvalue weighted by molar-refractivity contribution is 0.0687. The number of nitrogens with zero attached hydrogens (tertiary/aromatic N) is 2. The van der Waals surface area contributed by atoms with Crippen LogP contribution in [0.2, 0.25) is 0 Å². The van der Waals surface area contributed by atoms with E-state index in [-0.39, 0.29) is 11.1 Å². The predicted molar refractivity (Wildman–Crippen MR) is 413 cm³/mol. The van der Waals surface area contributed by atoms with Gasteiger partial charge in [-0.2, -0.15) is 10.2 Å². The summed E-state index contributed by atoms with van der Waals surface area (Å²) >= 11 is 0. The molecule has 0 aliphatic rings. The number of ether oxygens (including phenoxy) is 2. The summed E-state index contributed by atoms with van der Waals surface area (Å²) < 4.78 is 14.1. The molecule has 2 N–H and O–H groups in total. The molecule has 0 aromatic heterocycles. The average molecular weight is 1320 g/mol. The minimum absolute atomic E-state index is 0.182. The fraction of sp³-hybridized carbons (Fsp3) is 0.444. The van der Waals surface area contributed by atoms with Crippen molar-refractivity contribution in [3.05, 3.63) is 189 Å². The zero-order chi connectivity index (χ0) is 69.8. The van der Waals surface area contributed by atoms with Crippen LogP contribution in [-0.4, -0.2) is 35.4 Å². The molecule has 8 nitrogen and oxygen atoms in total. The predicted octanol–water partition coefficient (Wildman–Crippen LogP) is 27.7. The molecule has 8 heteroatoms. The first-order valence-electron chi connectivity index (χ1n) is 37.6. The number of aryl methyl sites for hydroxylation is 8. The minimum atomic E-state index is -1.03. The van der Waals surface area contributed by atoms with Gasteiger partial charge in [0, 0.05) is 33.4 Å². The zero-order valence-electron chi connectivity index (χ0n) is 61.3. The Labute approximate surface area is 589 Å². The molecule has 0 saturated carbocycles. The lowest BCUT2D eigenvalue weighted by Gasteiger charge is -2.23. The second-order valence-corrected chi connectivity index (χ2v) is 28.4. The van der Waals surface area contributed by atoms with Gasteiger partial charge in [0.15, 0.2) is 0 Å². The van der Waals surface area contributed by atoms with Crippen LogP contribution in [0.5, 0.6) is 11.5 Å². The molecule has 0 bridgehead atoms. The third kappa shape index (κ3) is 22.7. The van der Waals surface area contributed by atoms with Gasteiger partial charge in [-0.25, -0.2) is 9.59 Å². The van der Waals surface area contributed by atoms with Crippen LogP contribution in [0.4, 0.5) is 11.4 Å². The van der Waals surface area contributed by atoms with Gasteiger partial charge >= 0.3 is 11.9 Å². The molecule has 8 rings (SSSR count). The molecular weight excluding hydrogens is 1200 g/mol. The number of carboxylic acids is 2. The maximum atomic E-state index is 13.8. The largest absolute Gasteiger partial charge is 0.492 e. The van der Waals surface area contributed by atoms with Crippen LogP contribution in [0, 0.1) is 55.4 Å². The maximum Gasteiger partial charge on any atom is 0.336 e. The average Bonchev–Trinajstić information content (AvgIpc) is 0.754. The van der Waals surface area contributed by atoms with Gasteiger partial charge in [-0.3, -0.25) is 0 Å². The van der Waals surface area contributed by atoms with Crippen LogP contribution in [0.1, 0.15) is 259 Å². The molecule has 0 unspecified atom stereocenters. The van der Waals surface area contributed by atoms with Gasteiger partial charge < -0.3 is 19.7 Å². The van der Waals surface area contributed by atoms with Crippen molar-refractivity contribution < 1.29 is 29.3 Å². The van der Waals surface area contributed by atoms with Crippen molar-refractivity contribution in [3.63, 3.8) is 0 Å². The first kappa shape index (κ1) is 75.7. The zero-order valence-corrected chi connectivity index (χ0v) is 61.3. The number of unbranched alkanes of at least 4 members (excludes halogenated alkanes) is 26. The van der Waals surface area contributed by atoms with E-state index < -0.39 is 11.9 Å². The van der Waals surface area contributed by atoms with Gasteiger partial charge in [0.25, 0.3) is 0 Å². The number of carbonyl (C=O) groups is 2. The number of aromatic carboxylic acids is 2. The topological polar surface area (TPSA) is 118 Å². The maximum absolute atomic E-state index is 13.8. The van der Waals surface area contributed by atoms with E-state index >= 15 is 0 Å². The second-order valence-electron chi connectivity index (χ2n) is 28.4. The highest BCUT2D eigenvalue weighted by molar-refractivity contribution is 6.08. The van der Waals surface area contributed by atoms with Crippen LogP contribution in [0.25, 0.3) is 66.8 Å². The van der Waals surface area contributed by atoms with Crippen molar-refractivity contribution in [3.8, 4) is 78.3 Å². The van der Waals surface area contributed by atoms with Gasteiger partial charge in [-0.1, -0.05) is 322 Å². The molecule has 0 amide bonds. The molecule has 0 heterocycles. The summed E-state index contributed by atoms with van der Waals surface area (Å²) in [6.45, 7) is 22.2. The van der Waals surface area contributed by atoms with E-state index in [4.69, 9.17) is 19.7 Å². The van der Waals surface area contributed by atoms with Crippen molar-refractivity contribution in [1.29, 1.82) is 0 Å². The van der Waals surface area contributed by atoms with Crippen molar-refractivity contribution in [2.45, 2.75) is 249 Å². The first-order valence-corrected chi connectivity index (χ1v) is 37.6. The first-order chi connectivity index (χ1) is 47.5. The number of hydrogen-bond acceptors (Lipinski definition) is 6. The third-order valence-corrected chi connectivity index (χ3v) is 19.2. The summed E-state index contributed by atoms with van der Waals surface area (Å²) in [4.78, 5) is 27.6. The monoisotopic (exact) mass is 1320 g/mol. The Morgan fingerprint density at radius 3 is 0.765 bits per heavy atom. The van der Waals surface area contributed by atoms with Gasteiger partial charge in [0.05, 0.1) is 35.7 Å². The SMILES string of the molecule is CCCCCCCCCCCCCCCCOc1c(-c2cc(C)cc(C)c2)cc(C(=O)O)c(-c2ccc(N=Nc3ccc(-c4c(C(=O)O)cc(-c5cc(C)cc(C)c5)c(OCCCCCCCCCCCCCCCC)c4-c4cc(C)cc(C)c4)cc3)cc2)c1-c1cc(C)cc(C)c1. The summed E-state index contributed by atoms with van der Waals surface area (Å²) in [6.07, 6.45) is 35.5. The van der Waals surface area contributed by atoms with E-state index in [9.17, 15) is 19.8 Å². The molecular formula is C90H114N2O6. The molecule has 0 spiro atoms. The summed E-state index contributed by atoms with van der Waals surface area (Å²) in [5.41, 5.74) is 19.4. The Balaban J connectivity index is 1.07.